The number of nitro groups is 1. The molecule has 4 N–H and O–H groups in total. The van der Waals surface area contributed by atoms with Crippen LogP contribution in [0.1, 0.15) is 16.2 Å². The summed E-state index contributed by atoms with van der Waals surface area (Å²) in [6.07, 6.45) is 1.66. The van der Waals surface area contributed by atoms with Gasteiger partial charge in [0, 0.05) is 19.0 Å². The number of nitrogen functional groups attached to an aromatic ring is 1. The number of halogens is 1. The molecule has 2 rings (SSSR count). The third-order valence-electron chi connectivity index (χ3n) is 2.71. The molecule has 21 heavy (non-hydrogen) atoms. The Hall–Kier alpha value is -3.04. The first kappa shape index (κ1) is 14.4. The van der Waals surface area contributed by atoms with E-state index in [1.807, 2.05) is 0 Å². The Balaban J connectivity index is 2.11. The van der Waals surface area contributed by atoms with E-state index < -0.39 is 33.6 Å². The van der Waals surface area contributed by atoms with Crippen LogP contribution in [-0.2, 0) is 6.42 Å². The van der Waals surface area contributed by atoms with E-state index in [9.17, 15) is 19.3 Å². The van der Waals surface area contributed by atoms with Crippen LogP contribution in [0.25, 0.3) is 0 Å². The fraction of sp³-hybridized carbons (Fsp3) is 0.182. The Labute approximate surface area is 117 Å². The number of nitrogens with zero attached hydrogens (tertiary/aromatic N) is 3. The van der Waals surface area contributed by atoms with Gasteiger partial charge < -0.3 is 11.1 Å². The molecular formula is C11H11FN6O3. The molecule has 0 aliphatic rings. The molecule has 0 atom stereocenters. The molecule has 0 aliphatic carbocycles. The number of anilines is 1. The molecule has 2 aromatic rings. The molecule has 0 radical (unpaired) electrons. The summed E-state index contributed by atoms with van der Waals surface area (Å²) in [7, 11) is 0. The van der Waals surface area contributed by atoms with Crippen LogP contribution < -0.4 is 11.1 Å². The van der Waals surface area contributed by atoms with Crippen molar-refractivity contribution in [3.05, 3.63) is 45.8 Å². The van der Waals surface area contributed by atoms with Crippen LogP contribution in [0.5, 0.6) is 0 Å². The van der Waals surface area contributed by atoms with E-state index in [1.54, 1.807) is 0 Å². The SMILES string of the molecule is Nc1c([N+](=O)[O-])ccc(F)c1C(=O)NCCc1ncn[nH]1. The molecule has 0 aliphatic heterocycles. The molecule has 0 saturated heterocycles. The molecule has 0 bridgehead atoms. The van der Waals surface area contributed by atoms with E-state index in [2.05, 4.69) is 20.5 Å². The number of nitro benzene ring substituents is 1. The zero-order valence-electron chi connectivity index (χ0n) is 10.7. The lowest BCUT2D eigenvalue weighted by atomic mass is 10.1. The lowest BCUT2D eigenvalue weighted by molar-refractivity contribution is -0.384. The molecule has 0 saturated carbocycles. The van der Waals surface area contributed by atoms with Gasteiger partial charge in [0.2, 0.25) is 0 Å². The minimum atomic E-state index is -0.921. The van der Waals surface area contributed by atoms with E-state index in [1.165, 1.54) is 6.33 Å². The number of aromatic amines is 1. The average Bonchev–Trinajstić information content (AvgIpc) is 2.91. The van der Waals surface area contributed by atoms with Gasteiger partial charge in [0.05, 0.1) is 4.92 Å². The minimum Gasteiger partial charge on any atom is -0.392 e. The van der Waals surface area contributed by atoms with E-state index in [0.717, 1.165) is 12.1 Å². The lowest BCUT2D eigenvalue weighted by Crippen LogP contribution is -2.28. The number of benzene rings is 1. The van der Waals surface area contributed by atoms with Crippen molar-refractivity contribution in [2.75, 3.05) is 12.3 Å². The van der Waals surface area contributed by atoms with Crippen molar-refractivity contribution in [3.8, 4) is 0 Å². The molecular weight excluding hydrogens is 283 g/mol. The number of amides is 1. The van der Waals surface area contributed by atoms with Crippen LogP contribution >= 0.6 is 0 Å². The molecule has 1 aromatic carbocycles. The molecule has 1 amide bonds. The lowest BCUT2D eigenvalue weighted by Gasteiger charge is -2.08. The zero-order valence-corrected chi connectivity index (χ0v) is 10.7. The van der Waals surface area contributed by atoms with Crippen LogP contribution in [-0.4, -0.2) is 32.6 Å². The normalized spacial score (nSPS) is 10.3. The predicted molar refractivity (Wildman–Crippen MR) is 69.9 cm³/mol. The monoisotopic (exact) mass is 294 g/mol. The van der Waals surface area contributed by atoms with Crippen LogP contribution in [0.15, 0.2) is 18.5 Å². The summed E-state index contributed by atoms with van der Waals surface area (Å²) in [5, 5.41) is 19.4. The summed E-state index contributed by atoms with van der Waals surface area (Å²) in [6.45, 7) is 0.148. The highest BCUT2D eigenvalue weighted by Gasteiger charge is 2.23. The number of aromatic nitrogens is 3. The third-order valence-corrected chi connectivity index (χ3v) is 2.71. The third kappa shape index (κ3) is 3.11. The number of H-pyrrole nitrogens is 1. The standard InChI is InChI=1S/C11H11FN6O3/c12-6-1-2-7(18(20)21)10(13)9(6)11(19)14-4-3-8-15-5-16-17-8/h1-2,5H,3-4,13H2,(H,14,19)(H,15,16,17). The van der Waals surface area contributed by atoms with E-state index in [4.69, 9.17) is 5.73 Å². The second-order valence-corrected chi connectivity index (χ2v) is 4.05. The van der Waals surface area contributed by atoms with Gasteiger partial charge in [-0.2, -0.15) is 5.10 Å². The highest BCUT2D eigenvalue weighted by atomic mass is 19.1. The molecule has 0 spiro atoms. The number of carbonyl (C=O) groups is 1. The summed E-state index contributed by atoms with van der Waals surface area (Å²) in [6, 6.07) is 1.75. The van der Waals surface area contributed by atoms with E-state index in [-0.39, 0.29) is 6.54 Å². The Morgan fingerprint density at radius 2 is 2.29 bits per heavy atom. The first-order chi connectivity index (χ1) is 10.0. The summed E-state index contributed by atoms with van der Waals surface area (Å²) < 4.78 is 13.7. The highest BCUT2D eigenvalue weighted by Crippen LogP contribution is 2.27. The summed E-state index contributed by atoms with van der Waals surface area (Å²) in [5.41, 5.74) is 3.92. The Morgan fingerprint density at radius 1 is 1.52 bits per heavy atom. The topological polar surface area (TPSA) is 140 Å². The Kier molecular flexibility index (Phi) is 4.07. The van der Waals surface area contributed by atoms with Crippen molar-refractivity contribution in [2.24, 2.45) is 0 Å². The quantitative estimate of drug-likeness (QED) is 0.414. The first-order valence-corrected chi connectivity index (χ1v) is 5.85. The van der Waals surface area contributed by atoms with Gasteiger partial charge in [-0.15, -0.1) is 0 Å². The highest BCUT2D eigenvalue weighted by molar-refractivity contribution is 6.01. The van der Waals surface area contributed by atoms with Gasteiger partial charge in [-0.3, -0.25) is 20.0 Å². The maximum absolute atomic E-state index is 13.7. The minimum absolute atomic E-state index is 0.148. The molecule has 9 nitrogen and oxygen atoms in total. The number of rotatable bonds is 5. The van der Waals surface area contributed by atoms with Crippen molar-refractivity contribution in [2.45, 2.75) is 6.42 Å². The van der Waals surface area contributed by atoms with Crippen LogP contribution in [0, 0.1) is 15.9 Å². The average molecular weight is 294 g/mol. The summed E-state index contributed by atoms with van der Waals surface area (Å²) in [4.78, 5) is 25.7. The molecule has 110 valence electrons. The van der Waals surface area contributed by atoms with Gasteiger partial charge in [-0.25, -0.2) is 9.37 Å². The molecule has 0 fully saturated rings. The predicted octanol–water partition coefficient (Wildman–Crippen LogP) is 0.407. The van der Waals surface area contributed by atoms with E-state index in [0.29, 0.717) is 12.2 Å². The van der Waals surface area contributed by atoms with Gasteiger partial charge in [-0.1, -0.05) is 0 Å². The van der Waals surface area contributed by atoms with Gasteiger partial charge in [0.1, 0.15) is 29.2 Å². The number of nitrogens with two attached hydrogens (primary N) is 1. The fourth-order valence-electron chi connectivity index (χ4n) is 1.71. The molecule has 1 heterocycles. The van der Waals surface area contributed by atoms with Gasteiger partial charge in [0.25, 0.3) is 11.6 Å². The number of carbonyl (C=O) groups excluding carboxylic acids is 1. The second kappa shape index (κ2) is 5.94. The van der Waals surface area contributed by atoms with Gasteiger partial charge >= 0.3 is 0 Å². The fourth-order valence-corrected chi connectivity index (χ4v) is 1.71. The smallest absolute Gasteiger partial charge is 0.293 e. The zero-order chi connectivity index (χ0) is 15.4. The van der Waals surface area contributed by atoms with Crippen molar-refractivity contribution >= 4 is 17.3 Å². The molecule has 10 heteroatoms. The number of nitrogens with one attached hydrogen (secondary N) is 2. The number of hydrogen-bond acceptors (Lipinski definition) is 6. The van der Waals surface area contributed by atoms with Crippen molar-refractivity contribution in [1.82, 2.24) is 20.5 Å². The van der Waals surface area contributed by atoms with Crippen LogP contribution in [0.3, 0.4) is 0 Å². The Morgan fingerprint density at radius 3 is 2.90 bits per heavy atom. The summed E-state index contributed by atoms with van der Waals surface area (Å²) in [5.74, 6) is -1.20. The molecule has 1 aromatic heterocycles. The van der Waals surface area contributed by atoms with Gasteiger partial charge in [0.15, 0.2) is 0 Å². The number of hydrogen-bond donors (Lipinski definition) is 3. The van der Waals surface area contributed by atoms with Crippen molar-refractivity contribution in [1.29, 1.82) is 0 Å². The van der Waals surface area contributed by atoms with Crippen molar-refractivity contribution in [3.63, 3.8) is 0 Å². The maximum atomic E-state index is 13.7. The van der Waals surface area contributed by atoms with Crippen LogP contribution in [0.4, 0.5) is 15.8 Å². The van der Waals surface area contributed by atoms with Crippen molar-refractivity contribution < 1.29 is 14.1 Å². The van der Waals surface area contributed by atoms with Gasteiger partial charge in [-0.05, 0) is 6.07 Å². The Bertz CT molecular complexity index is 673. The largest absolute Gasteiger partial charge is 0.392 e. The second-order valence-electron chi connectivity index (χ2n) is 4.05. The maximum Gasteiger partial charge on any atom is 0.293 e. The first-order valence-electron chi connectivity index (χ1n) is 5.85. The van der Waals surface area contributed by atoms with E-state index >= 15 is 0 Å². The van der Waals surface area contributed by atoms with Crippen LogP contribution in [0.2, 0.25) is 0 Å². The summed E-state index contributed by atoms with van der Waals surface area (Å²) >= 11 is 0. The molecule has 0 unspecified atom stereocenters.